The van der Waals surface area contributed by atoms with E-state index in [-0.39, 0.29) is 23.5 Å². The SMILES string of the molecule is CCC(c1ccc(F)cc1)N(C)C(=O)c1cc(-c2cnn(CC)c2)on1. The average molecular weight is 356 g/mol. The summed E-state index contributed by atoms with van der Waals surface area (Å²) in [7, 11) is 1.71. The molecule has 7 heteroatoms. The van der Waals surface area contributed by atoms with Crippen molar-refractivity contribution in [1.29, 1.82) is 0 Å². The Morgan fingerprint density at radius 1 is 1.31 bits per heavy atom. The van der Waals surface area contributed by atoms with Crippen LogP contribution in [0.2, 0.25) is 0 Å². The molecule has 0 radical (unpaired) electrons. The van der Waals surface area contributed by atoms with E-state index in [1.54, 1.807) is 41.0 Å². The smallest absolute Gasteiger partial charge is 0.276 e. The van der Waals surface area contributed by atoms with E-state index in [1.807, 2.05) is 20.0 Å². The molecule has 0 aliphatic heterocycles. The van der Waals surface area contributed by atoms with Crippen LogP contribution in [0.25, 0.3) is 11.3 Å². The molecule has 2 aromatic heterocycles. The number of rotatable bonds is 6. The van der Waals surface area contributed by atoms with Gasteiger partial charge in [0.2, 0.25) is 0 Å². The first-order chi connectivity index (χ1) is 12.5. The highest BCUT2D eigenvalue weighted by molar-refractivity contribution is 5.93. The lowest BCUT2D eigenvalue weighted by Crippen LogP contribution is -2.31. The van der Waals surface area contributed by atoms with Crippen LogP contribution in [0, 0.1) is 5.82 Å². The molecule has 0 N–H and O–H groups in total. The Bertz CT molecular complexity index is 885. The summed E-state index contributed by atoms with van der Waals surface area (Å²) in [6.07, 6.45) is 4.21. The van der Waals surface area contributed by atoms with Gasteiger partial charge in [0.15, 0.2) is 11.5 Å². The lowest BCUT2D eigenvalue weighted by Gasteiger charge is -2.27. The number of carbonyl (C=O) groups excluding carboxylic acids is 1. The van der Waals surface area contributed by atoms with Gasteiger partial charge < -0.3 is 9.42 Å². The molecule has 0 aliphatic rings. The molecule has 0 saturated carbocycles. The van der Waals surface area contributed by atoms with Gasteiger partial charge in [0.1, 0.15) is 5.82 Å². The predicted octanol–water partition coefficient (Wildman–Crippen LogP) is 3.92. The summed E-state index contributed by atoms with van der Waals surface area (Å²) in [5.41, 5.74) is 1.87. The van der Waals surface area contributed by atoms with Crippen molar-refractivity contribution < 1.29 is 13.7 Å². The highest BCUT2D eigenvalue weighted by Gasteiger charge is 2.24. The summed E-state index contributed by atoms with van der Waals surface area (Å²) in [5, 5.41) is 8.10. The topological polar surface area (TPSA) is 64.2 Å². The van der Waals surface area contributed by atoms with Gasteiger partial charge in [-0.3, -0.25) is 9.48 Å². The molecule has 0 fully saturated rings. The van der Waals surface area contributed by atoms with E-state index in [2.05, 4.69) is 10.3 Å². The molecule has 2 heterocycles. The summed E-state index contributed by atoms with van der Waals surface area (Å²) in [4.78, 5) is 14.4. The Kier molecular flexibility index (Phi) is 5.16. The fraction of sp³-hybridized carbons (Fsp3) is 0.316. The van der Waals surface area contributed by atoms with Crippen molar-refractivity contribution in [2.24, 2.45) is 0 Å². The predicted molar refractivity (Wildman–Crippen MR) is 94.9 cm³/mol. The first kappa shape index (κ1) is 17.8. The summed E-state index contributed by atoms with van der Waals surface area (Å²) in [5.74, 6) is -0.0540. The minimum atomic E-state index is -0.300. The number of carbonyl (C=O) groups is 1. The number of nitrogens with zero attached hydrogens (tertiary/aromatic N) is 4. The maximum absolute atomic E-state index is 13.2. The standard InChI is InChI=1S/C19H21FN4O2/c1-4-17(13-6-8-15(20)9-7-13)23(3)19(25)16-10-18(26-22-16)14-11-21-24(5-2)12-14/h6-12,17H,4-5H2,1-3H3. The fourth-order valence-corrected chi connectivity index (χ4v) is 2.92. The minimum Gasteiger partial charge on any atom is -0.355 e. The van der Waals surface area contributed by atoms with Crippen LogP contribution < -0.4 is 0 Å². The number of amides is 1. The first-order valence-corrected chi connectivity index (χ1v) is 8.55. The number of halogens is 1. The summed E-state index contributed by atoms with van der Waals surface area (Å²) in [6, 6.07) is 7.63. The van der Waals surface area contributed by atoms with Crippen molar-refractivity contribution in [3.63, 3.8) is 0 Å². The number of aryl methyl sites for hydroxylation is 1. The quantitative estimate of drug-likeness (QED) is 0.671. The van der Waals surface area contributed by atoms with E-state index in [9.17, 15) is 9.18 Å². The largest absolute Gasteiger partial charge is 0.355 e. The van der Waals surface area contributed by atoms with Crippen LogP contribution in [-0.2, 0) is 6.54 Å². The molecule has 26 heavy (non-hydrogen) atoms. The number of benzene rings is 1. The van der Waals surface area contributed by atoms with Crippen LogP contribution >= 0.6 is 0 Å². The van der Waals surface area contributed by atoms with Crippen molar-refractivity contribution in [3.05, 3.63) is 59.8 Å². The average Bonchev–Trinajstić information content (AvgIpc) is 3.32. The van der Waals surface area contributed by atoms with Gasteiger partial charge in [-0.05, 0) is 31.0 Å². The molecule has 6 nitrogen and oxygen atoms in total. The second kappa shape index (κ2) is 7.51. The van der Waals surface area contributed by atoms with E-state index >= 15 is 0 Å². The van der Waals surface area contributed by atoms with Crippen LogP contribution in [0.3, 0.4) is 0 Å². The van der Waals surface area contributed by atoms with Gasteiger partial charge in [0.05, 0.1) is 17.8 Å². The van der Waals surface area contributed by atoms with Crippen molar-refractivity contribution in [3.8, 4) is 11.3 Å². The molecular formula is C19H21FN4O2. The number of hydrogen-bond acceptors (Lipinski definition) is 4. The van der Waals surface area contributed by atoms with Crippen LogP contribution in [0.4, 0.5) is 4.39 Å². The molecule has 3 rings (SSSR count). The lowest BCUT2D eigenvalue weighted by atomic mass is 10.0. The van der Waals surface area contributed by atoms with E-state index in [1.165, 1.54) is 12.1 Å². The third-order valence-electron chi connectivity index (χ3n) is 4.40. The van der Waals surface area contributed by atoms with Gasteiger partial charge in [-0.2, -0.15) is 5.10 Å². The van der Waals surface area contributed by atoms with Crippen LogP contribution in [-0.4, -0.2) is 32.8 Å². The zero-order valence-corrected chi connectivity index (χ0v) is 15.0. The third kappa shape index (κ3) is 3.51. The molecule has 1 amide bonds. The monoisotopic (exact) mass is 356 g/mol. The number of aromatic nitrogens is 3. The Labute approximate surface area is 151 Å². The first-order valence-electron chi connectivity index (χ1n) is 8.55. The zero-order valence-electron chi connectivity index (χ0n) is 15.0. The molecular weight excluding hydrogens is 335 g/mol. The van der Waals surface area contributed by atoms with Crippen molar-refractivity contribution in [2.75, 3.05) is 7.05 Å². The van der Waals surface area contributed by atoms with E-state index in [0.717, 1.165) is 17.7 Å². The highest BCUT2D eigenvalue weighted by Crippen LogP contribution is 2.26. The molecule has 136 valence electrons. The van der Waals surface area contributed by atoms with Gasteiger partial charge in [0.25, 0.3) is 5.91 Å². The second-order valence-electron chi connectivity index (χ2n) is 6.05. The molecule has 1 atom stereocenters. The molecule has 0 spiro atoms. The molecule has 1 unspecified atom stereocenters. The van der Waals surface area contributed by atoms with Gasteiger partial charge in [0, 0.05) is 25.9 Å². The van der Waals surface area contributed by atoms with Gasteiger partial charge in [-0.15, -0.1) is 0 Å². The Morgan fingerprint density at radius 3 is 2.65 bits per heavy atom. The summed E-state index contributed by atoms with van der Waals surface area (Å²) >= 11 is 0. The zero-order chi connectivity index (χ0) is 18.7. The highest BCUT2D eigenvalue weighted by atomic mass is 19.1. The molecule has 1 aromatic carbocycles. The van der Waals surface area contributed by atoms with E-state index in [4.69, 9.17) is 4.52 Å². The van der Waals surface area contributed by atoms with E-state index < -0.39 is 0 Å². The molecule has 0 aliphatic carbocycles. The minimum absolute atomic E-state index is 0.175. The maximum atomic E-state index is 13.2. The Hall–Kier alpha value is -2.96. The van der Waals surface area contributed by atoms with Gasteiger partial charge in [-0.25, -0.2) is 4.39 Å². The Balaban J connectivity index is 1.80. The molecule has 0 saturated heterocycles. The maximum Gasteiger partial charge on any atom is 0.276 e. The third-order valence-corrected chi connectivity index (χ3v) is 4.40. The molecule has 3 aromatic rings. The van der Waals surface area contributed by atoms with Crippen molar-refractivity contribution in [1.82, 2.24) is 19.8 Å². The molecule has 0 bridgehead atoms. The van der Waals surface area contributed by atoms with Gasteiger partial charge in [-0.1, -0.05) is 24.2 Å². The van der Waals surface area contributed by atoms with Crippen LogP contribution in [0.5, 0.6) is 0 Å². The van der Waals surface area contributed by atoms with Crippen LogP contribution in [0.1, 0.15) is 42.4 Å². The van der Waals surface area contributed by atoms with E-state index in [0.29, 0.717) is 12.2 Å². The normalized spacial score (nSPS) is 12.2. The Morgan fingerprint density at radius 2 is 2.04 bits per heavy atom. The van der Waals surface area contributed by atoms with Crippen molar-refractivity contribution >= 4 is 5.91 Å². The summed E-state index contributed by atoms with van der Waals surface area (Å²) in [6.45, 7) is 4.71. The number of hydrogen-bond donors (Lipinski definition) is 0. The summed E-state index contributed by atoms with van der Waals surface area (Å²) < 4.78 is 20.2. The lowest BCUT2D eigenvalue weighted by molar-refractivity contribution is 0.0715. The second-order valence-corrected chi connectivity index (χ2v) is 6.05. The van der Waals surface area contributed by atoms with Crippen molar-refractivity contribution in [2.45, 2.75) is 32.9 Å². The van der Waals surface area contributed by atoms with Gasteiger partial charge >= 0.3 is 0 Å². The fourth-order valence-electron chi connectivity index (χ4n) is 2.92. The van der Waals surface area contributed by atoms with Crippen LogP contribution in [0.15, 0.2) is 47.2 Å².